The fourth-order valence-corrected chi connectivity index (χ4v) is 1.53. The van der Waals surface area contributed by atoms with Gasteiger partial charge in [0.05, 0.1) is 11.0 Å². The Morgan fingerprint density at radius 1 is 1.47 bits per heavy atom. The highest BCUT2D eigenvalue weighted by atomic mass is 35.5. The minimum Gasteiger partial charge on any atom is -0.355 e. The lowest BCUT2D eigenvalue weighted by Crippen LogP contribution is -2.25. The molecular formula is C12H15ClFN3. The third kappa shape index (κ3) is 2.88. The quantitative estimate of drug-likeness (QED) is 0.823. The molecule has 2 aromatic rings. The molecule has 0 aliphatic rings. The van der Waals surface area contributed by atoms with Crippen LogP contribution < -0.4 is 5.32 Å². The van der Waals surface area contributed by atoms with Crippen LogP contribution in [0.3, 0.4) is 0 Å². The summed E-state index contributed by atoms with van der Waals surface area (Å²) < 4.78 is 13.0. The molecule has 3 nitrogen and oxygen atoms in total. The third-order valence-corrected chi connectivity index (χ3v) is 3.26. The Morgan fingerprint density at radius 3 is 2.94 bits per heavy atom. The van der Waals surface area contributed by atoms with Crippen molar-refractivity contribution in [1.29, 1.82) is 0 Å². The monoisotopic (exact) mass is 255 g/mol. The number of H-pyrrole nitrogens is 1. The summed E-state index contributed by atoms with van der Waals surface area (Å²) in [7, 11) is 0. The molecule has 0 saturated carbocycles. The van der Waals surface area contributed by atoms with Gasteiger partial charge in [-0.15, -0.1) is 11.6 Å². The van der Waals surface area contributed by atoms with E-state index in [2.05, 4.69) is 29.1 Å². The summed E-state index contributed by atoms with van der Waals surface area (Å²) in [6, 6.07) is 4.48. The first kappa shape index (κ1) is 12.2. The van der Waals surface area contributed by atoms with E-state index < -0.39 is 0 Å². The largest absolute Gasteiger partial charge is 0.355 e. The van der Waals surface area contributed by atoms with Gasteiger partial charge in [-0.25, -0.2) is 9.37 Å². The van der Waals surface area contributed by atoms with E-state index in [1.807, 2.05) is 0 Å². The number of fused-ring (bicyclic) bond motifs is 1. The fraction of sp³-hybridized carbons (Fsp3) is 0.417. The highest BCUT2D eigenvalue weighted by Gasteiger charge is 2.16. The molecule has 2 rings (SSSR count). The topological polar surface area (TPSA) is 40.7 Å². The number of nitrogens with zero attached hydrogens (tertiary/aromatic N) is 1. The lowest BCUT2D eigenvalue weighted by Gasteiger charge is -2.21. The summed E-state index contributed by atoms with van der Waals surface area (Å²) in [4.78, 5) is 7.34. The van der Waals surface area contributed by atoms with Gasteiger partial charge in [0.1, 0.15) is 5.82 Å². The van der Waals surface area contributed by atoms with Gasteiger partial charge in [-0.1, -0.05) is 13.8 Å². The maximum atomic E-state index is 13.0. The molecule has 2 N–H and O–H groups in total. The third-order valence-electron chi connectivity index (χ3n) is 2.54. The van der Waals surface area contributed by atoms with Crippen LogP contribution in [0.25, 0.3) is 11.0 Å². The normalized spacial score (nSPS) is 12.0. The Labute approximate surface area is 104 Å². The summed E-state index contributed by atoms with van der Waals surface area (Å²) >= 11 is 5.84. The molecule has 1 aromatic carbocycles. The minimum absolute atomic E-state index is 0.00815. The van der Waals surface area contributed by atoms with E-state index in [-0.39, 0.29) is 11.2 Å². The molecule has 17 heavy (non-hydrogen) atoms. The van der Waals surface area contributed by atoms with E-state index in [1.165, 1.54) is 12.1 Å². The van der Waals surface area contributed by atoms with Crippen LogP contribution in [0.5, 0.6) is 0 Å². The van der Waals surface area contributed by atoms with Gasteiger partial charge in [-0.2, -0.15) is 0 Å². The fourth-order valence-electron chi connectivity index (χ4n) is 1.44. The number of hydrogen-bond acceptors (Lipinski definition) is 2. The SMILES string of the molecule is CC(C)(CCl)CNc1nc2ccc(F)cc2[nH]1. The zero-order chi connectivity index (χ0) is 12.5. The van der Waals surface area contributed by atoms with Crippen LogP contribution in [-0.2, 0) is 0 Å². The van der Waals surface area contributed by atoms with Crippen LogP contribution in [0, 0.1) is 11.2 Å². The number of nitrogens with one attached hydrogen (secondary N) is 2. The van der Waals surface area contributed by atoms with Crippen LogP contribution in [-0.4, -0.2) is 22.4 Å². The van der Waals surface area contributed by atoms with Crippen molar-refractivity contribution in [3.05, 3.63) is 24.0 Å². The van der Waals surface area contributed by atoms with Crippen molar-refractivity contribution >= 4 is 28.6 Å². The molecule has 0 aliphatic carbocycles. The second-order valence-corrected chi connectivity index (χ2v) is 5.17. The van der Waals surface area contributed by atoms with E-state index in [9.17, 15) is 4.39 Å². The highest BCUT2D eigenvalue weighted by Crippen LogP contribution is 2.19. The van der Waals surface area contributed by atoms with Crippen LogP contribution in [0.2, 0.25) is 0 Å². The van der Waals surface area contributed by atoms with Crippen LogP contribution >= 0.6 is 11.6 Å². The number of halogens is 2. The van der Waals surface area contributed by atoms with Crippen molar-refractivity contribution in [3.8, 4) is 0 Å². The maximum absolute atomic E-state index is 13.0. The van der Waals surface area contributed by atoms with Gasteiger partial charge in [0.2, 0.25) is 5.95 Å². The van der Waals surface area contributed by atoms with E-state index in [0.717, 1.165) is 5.52 Å². The molecule has 1 aromatic heterocycles. The minimum atomic E-state index is -0.270. The molecule has 0 spiro atoms. The molecule has 0 atom stereocenters. The lowest BCUT2D eigenvalue weighted by molar-refractivity contribution is 0.449. The van der Waals surface area contributed by atoms with Gasteiger partial charge in [-0.05, 0) is 23.6 Å². The molecular weight excluding hydrogens is 241 g/mol. The second kappa shape index (κ2) is 4.53. The number of hydrogen-bond donors (Lipinski definition) is 2. The first-order chi connectivity index (χ1) is 8.00. The number of aromatic amines is 1. The van der Waals surface area contributed by atoms with Crippen molar-refractivity contribution in [2.45, 2.75) is 13.8 Å². The predicted octanol–water partition coefficient (Wildman–Crippen LogP) is 3.38. The van der Waals surface area contributed by atoms with Gasteiger partial charge in [0.15, 0.2) is 0 Å². The molecule has 0 fully saturated rings. The molecule has 0 unspecified atom stereocenters. The predicted molar refractivity (Wildman–Crippen MR) is 69.0 cm³/mol. The van der Waals surface area contributed by atoms with Crippen molar-refractivity contribution in [2.75, 3.05) is 17.7 Å². The smallest absolute Gasteiger partial charge is 0.201 e. The summed E-state index contributed by atoms with van der Waals surface area (Å²) in [6.07, 6.45) is 0. The molecule has 0 saturated heterocycles. The first-order valence-electron chi connectivity index (χ1n) is 5.45. The van der Waals surface area contributed by atoms with Gasteiger partial charge in [-0.3, -0.25) is 0 Å². The van der Waals surface area contributed by atoms with Crippen LogP contribution in [0.15, 0.2) is 18.2 Å². The molecule has 0 amide bonds. The van der Waals surface area contributed by atoms with Crippen molar-refractivity contribution in [2.24, 2.45) is 5.41 Å². The standard InChI is InChI=1S/C12H15ClFN3/c1-12(2,6-13)7-15-11-16-9-4-3-8(14)5-10(9)17-11/h3-5H,6-7H2,1-2H3,(H2,15,16,17). The van der Waals surface area contributed by atoms with Gasteiger partial charge >= 0.3 is 0 Å². The Balaban J connectivity index is 2.15. The van der Waals surface area contributed by atoms with E-state index >= 15 is 0 Å². The van der Waals surface area contributed by atoms with Gasteiger partial charge in [0.25, 0.3) is 0 Å². The van der Waals surface area contributed by atoms with Crippen LogP contribution in [0.4, 0.5) is 10.3 Å². The first-order valence-corrected chi connectivity index (χ1v) is 5.99. The summed E-state index contributed by atoms with van der Waals surface area (Å²) in [6.45, 7) is 4.84. The average molecular weight is 256 g/mol. The Hall–Kier alpha value is -1.29. The Morgan fingerprint density at radius 2 is 2.24 bits per heavy atom. The van der Waals surface area contributed by atoms with Gasteiger partial charge in [0, 0.05) is 12.4 Å². The Kier molecular flexibility index (Phi) is 3.24. The van der Waals surface area contributed by atoms with Crippen LogP contribution in [0.1, 0.15) is 13.8 Å². The number of rotatable bonds is 4. The number of anilines is 1. The number of alkyl halides is 1. The molecule has 92 valence electrons. The van der Waals surface area contributed by atoms with E-state index in [1.54, 1.807) is 6.07 Å². The van der Waals surface area contributed by atoms with Crippen molar-refractivity contribution < 1.29 is 4.39 Å². The number of aromatic nitrogens is 2. The molecule has 0 radical (unpaired) electrons. The molecule has 0 bridgehead atoms. The zero-order valence-electron chi connectivity index (χ0n) is 9.85. The second-order valence-electron chi connectivity index (χ2n) is 4.90. The van der Waals surface area contributed by atoms with Crippen molar-refractivity contribution in [3.63, 3.8) is 0 Å². The lowest BCUT2D eigenvalue weighted by atomic mass is 9.97. The van der Waals surface area contributed by atoms with Gasteiger partial charge < -0.3 is 10.3 Å². The number of benzene rings is 1. The molecule has 1 heterocycles. The highest BCUT2D eigenvalue weighted by molar-refractivity contribution is 6.18. The molecule has 0 aliphatic heterocycles. The zero-order valence-corrected chi connectivity index (χ0v) is 10.6. The van der Waals surface area contributed by atoms with Crippen molar-refractivity contribution in [1.82, 2.24) is 9.97 Å². The maximum Gasteiger partial charge on any atom is 0.201 e. The Bertz CT molecular complexity index is 521. The number of imidazole rings is 1. The summed E-state index contributed by atoms with van der Waals surface area (Å²) in [5, 5.41) is 3.17. The molecule has 5 heteroatoms. The average Bonchev–Trinajstić information content (AvgIpc) is 2.68. The van der Waals surface area contributed by atoms with E-state index in [0.29, 0.717) is 23.9 Å². The summed E-state index contributed by atoms with van der Waals surface area (Å²) in [5.41, 5.74) is 1.43. The summed E-state index contributed by atoms with van der Waals surface area (Å²) in [5.74, 6) is 0.937. The van der Waals surface area contributed by atoms with E-state index in [4.69, 9.17) is 11.6 Å².